The van der Waals surface area contributed by atoms with Crippen molar-refractivity contribution in [1.82, 2.24) is 41.9 Å². The molecule has 0 aliphatic rings. The number of hydrogen-bond donors (Lipinski definition) is 12. The van der Waals surface area contributed by atoms with Crippen molar-refractivity contribution < 1.29 is 58.1 Å². The summed E-state index contributed by atoms with van der Waals surface area (Å²) < 4.78 is 4.94. The maximum atomic E-state index is 13.8. The van der Waals surface area contributed by atoms with Gasteiger partial charge in [-0.2, -0.15) is 0 Å². The molecule has 348 valence electrons. The molecule has 1 heterocycles. The molecule has 1 aromatic heterocycles. The van der Waals surface area contributed by atoms with Gasteiger partial charge in [-0.05, 0) is 69.3 Å². The van der Waals surface area contributed by atoms with E-state index in [2.05, 4.69) is 47.2 Å². The number of likely N-dealkylation sites (N-methyl/N-ethyl adjacent to an activating group) is 1. The van der Waals surface area contributed by atoms with Crippen molar-refractivity contribution in [2.75, 3.05) is 32.1 Å². The maximum Gasteiger partial charge on any atom is 0.319 e. The predicted octanol–water partition coefficient (Wildman–Crippen LogP) is -2.70. The van der Waals surface area contributed by atoms with Crippen LogP contribution in [0.4, 0.5) is 10.5 Å². The van der Waals surface area contributed by atoms with E-state index in [9.17, 15) is 53.4 Å². The number of nitrogens with zero attached hydrogens (tertiary/aromatic N) is 1. The molecule has 0 bridgehead atoms. The Hall–Kier alpha value is -6.30. The van der Waals surface area contributed by atoms with Crippen LogP contribution in [-0.2, 0) is 56.1 Å². The van der Waals surface area contributed by atoms with Crippen LogP contribution in [0.5, 0.6) is 0 Å². The number of primary amides is 1. The Kier molecular flexibility index (Phi) is 23.2. The normalized spacial score (nSPS) is 13.8. The van der Waals surface area contributed by atoms with Crippen LogP contribution in [0, 0.1) is 5.92 Å². The number of ketones is 2. The molecule has 6 atom stereocenters. The highest BCUT2D eigenvalue weighted by Crippen LogP contribution is 2.14. The second-order valence-electron chi connectivity index (χ2n) is 15.0. The Labute approximate surface area is 364 Å². The monoisotopic (exact) mass is 887 g/mol. The lowest BCUT2D eigenvalue weighted by Gasteiger charge is -2.27. The molecule has 0 saturated heterocycles. The molecule has 0 aliphatic carbocycles. The van der Waals surface area contributed by atoms with Crippen LogP contribution in [0.3, 0.4) is 0 Å². The molecule has 0 fully saturated rings. The Morgan fingerprint density at radius 2 is 1.30 bits per heavy atom. The maximum absolute atomic E-state index is 13.8. The summed E-state index contributed by atoms with van der Waals surface area (Å²) in [6, 6.07) is -3.17. The molecule has 1 aromatic carbocycles. The Bertz CT molecular complexity index is 1840. The van der Waals surface area contributed by atoms with Crippen LogP contribution < -0.4 is 48.7 Å². The number of aromatic amines is 1. The van der Waals surface area contributed by atoms with Gasteiger partial charge in [-0.1, -0.05) is 26.0 Å². The number of H-pyrrole nitrogens is 1. The molecule has 3 unspecified atom stereocenters. The minimum absolute atomic E-state index is 0.00469. The van der Waals surface area contributed by atoms with Gasteiger partial charge in [-0.25, -0.2) is 9.78 Å². The first-order valence-corrected chi connectivity index (χ1v) is 20.4. The fourth-order valence-corrected chi connectivity index (χ4v) is 5.98. The quantitative estimate of drug-likeness (QED) is 0.0225. The molecule has 63 heavy (non-hydrogen) atoms. The third-order valence-corrected chi connectivity index (χ3v) is 9.39. The summed E-state index contributed by atoms with van der Waals surface area (Å²) in [4.78, 5) is 124. The van der Waals surface area contributed by atoms with Gasteiger partial charge < -0.3 is 68.6 Å². The number of amides is 7. The van der Waals surface area contributed by atoms with Gasteiger partial charge in [0.1, 0.15) is 24.7 Å². The van der Waals surface area contributed by atoms with Crippen molar-refractivity contribution in [2.24, 2.45) is 17.4 Å². The van der Waals surface area contributed by atoms with Crippen molar-refractivity contribution in [2.45, 2.75) is 109 Å². The van der Waals surface area contributed by atoms with E-state index in [1.54, 1.807) is 26.0 Å². The van der Waals surface area contributed by atoms with Crippen molar-refractivity contribution in [1.29, 1.82) is 0 Å². The molecule has 0 aliphatic heterocycles. The summed E-state index contributed by atoms with van der Waals surface area (Å²) in [5.74, 6) is -7.44. The Balaban J connectivity index is 2.22. The first-order chi connectivity index (χ1) is 29.9. The van der Waals surface area contributed by atoms with Gasteiger partial charge in [0.05, 0.1) is 37.7 Å². The number of anilines is 1. The van der Waals surface area contributed by atoms with Crippen LogP contribution in [0.15, 0.2) is 36.8 Å². The minimum atomic E-state index is -1.67. The highest BCUT2D eigenvalue weighted by Gasteiger charge is 2.36. The molecular weight excluding hydrogens is 827 g/mol. The van der Waals surface area contributed by atoms with E-state index >= 15 is 0 Å². The van der Waals surface area contributed by atoms with E-state index in [0.717, 1.165) is 0 Å². The van der Waals surface area contributed by atoms with Gasteiger partial charge in [-0.15, -0.1) is 0 Å². The molecular formula is C40H61N11O12. The summed E-state index contributed by atoms with van der Waals surface area (Å²) in [6.45, 7) is 3.11. The van der Waals surface area contributed by atoms with Gasteiger partial charge >= 0.3 is 12.0 Å². The van der Waals surface area contributed by atoms with Gasteiger partial charge in [0.15, 0.2) is 0 Å². The smallest absolute Gasteiger partial charge is 0.319 e. The number of aliphatic hydroxyl groups is 2. The third kappa shape index (κ3) is 19.1. The lowest BCUT2D eigenvalue weighted by molar-refractivity contribution is -0.142. The number of urea groups is 1. The number of hydrogen-bond acceptors (Lipinski definition) is 15. The highest BCUT2D eigenvalue weighted by molar-refractivity contribution is 6.41. The Morgan fingerprint density at radius 1 is 0.746 bits per heavy atom. The summed E-state index contributed by atoms with van der Waals surface area (Å²) in [5.41, 5.74) is 12.5. The van der Waals surface area contributed by atoms with Crippen molar-refractivity contribution in [3.05, 3.63) is 48.0 Å². The summed E-state index contributed by atoms with van der Waals surface area (Å²) in [5, 5.41) is 37.4. The van der Waals surface area contributed by atoms with Crippen molar-refractivity contribution in [3.63, 3.8) is 0 Å². The van der Waals surface area contributed by atoms with E-state index in [-0.39, 0.29) is 56.9 Å². The van der Waals surface area contributed by atoms with Crippen LogP contribution in [0.25, 0.3) is 0 Å². The van der Waals surface area contributed by atoms with Gasteiger partial charge in [-0.3, -0.25) is 38.4 Å². The number of esters is 1. The topological polar surface area (TPSA) is 368 Å². The fraction of sp³-hybridized carbons (Fsp3) is 0.550. The first kappa shape index (κ1) is 52.8. The van der Waals surface area contributed by atoms with Gasteiger partial charge in [0, 0.05) is 37.3 Å². The number of imidazole rings is 1. The van der Waals surface area contributed by atoms with Crippen LogP contribution in [0.2, 0.25) is 0 Å². The number of Topliss-reactive ketones (excluding diaryl/α,β-unsaturated/α-hetero) is 2. The average molecular weight is 888 g/mol. The highest BCUT2D eigenvalue weighted by atomic mass is 16.5. The number of nitrogens with two attached hydrogens (primary N) is 2. The number of ether oxygens (including phenoxy) is 1. The molecule has 2 rings (SSSR count). The zero-order chi connectivity index (χ0) is 47.1. The Morgan fingerprint density at radius 3 is 1.81 bits per heavy atom. The fourth-order valence-electron chi connectivity index (χ4n) is 5.98. The molecule has 0 saturated carbocycles. The molecule has 0 spiro atoms. The minimum Gasteiger partial charge on any atom is -0.461 e. The van der Waals surface area contributed by atoms with Crippen LogP contribution in [0.1, 0.15) is 70.6 Å². The number of aromatic nitrogens is 2. The van der Waals surface area contributed by atoms with Crippen molar-refractivity contribution >= 4 is 58.8 Å². The number of benzene rings is 1. The second-order valence-corrected chi connectivity index (χ2v) is 15.0. The molecule has 23 heteroatoms. The van der Waals surface area contributed by atoms with E-state index < -0.39 is 103 Å². The summed E-state index contributed by atoms with van der Waals surface area (Å²) >= 11 is 0. The van der Waals surface area contributed by atoms with E-state index in [4.69, 9.17) is 16.2 Å². The molecule has 7 amide bonds. The molecule has 23 nitrogen and oxygen atoms in total. The summed E-state index contributed by atoms with van der Waals surface area (Å²) in [7, 11) is 1.52. The molecule has 0 radical (unpaired) electrons. The number of nitrogens with one attached hydrogen (secondary N) is 8. The van der Waals surface area contributed by atoms with Crippen LogP contribution in [-0.4, -0.2) is 136 Å². The predicted molar refractivity (Wildman–Crippen MR) is 226 cm³/mol. The second kappa shape index (κ2) is 27.6. The first-order valence-electron chi connectivity index (χ1n) is 20.4. The number of aliphatic hydroxyl groups excluding tert-OH is 2. The van der Waals surface area contributed by atoms with E-state index in [0.29, 0.717) is 24.1 Å². The van der Waals surface area contributed by atoms with Gasteiger partial charge in [0.25, 0.3) is 0 Å². The lowest BCUT2D eigenvalue weighted by Crippen LogP contribution is -2.60. The van der Waals surface area contributed by atoms with E-state index in [1.807, 2.05) is 0 Å². The van der Waals surface area contributed by atoms with Crippen molar-refractivity contribution in [3.8, 4) is 0 Å². The summed E-state index contributed by atoms with van der Waals surface area (Å²) in [6.07, 6.45) is 3.00. The zero-order valence-electron chi connectivity index (χ0n) is 35.9. The number of rotatable bonds is 29. The SMILES string of the molecule is CNC(Cc1cnc[nH]1)C(=O)N[C@@H](CO)C(=O)NC(CO)C(=O)N[C@@H](CCCCN)C(=O)NC(CC(C)C)C(=O)C(=O)[C@H](CCC(N)=O)NC(=O)Nc1ccc(COC(C)=O)cc1. The average Bonchev–Trinajstić information content (AvgIpc) is 3.76. The van der Waals surface area contributed by atoms with Crippen LogP contribution >= 0.6 is 0 Å². The lowest BCUT2D eigenvalue weighted by atomic mass is 9.93. The number of carbonyl (C=O) groups excluding carboxylic acids is 9. The van der Waals surface area contributed by atoms with Gasteiger partial charge in [0.2, 0.25) is 41.1 Å². The number of carbonyl (C=O) groups is 9. The largest absolute Gasteiger partial charge is 0.461 e. The molecule has 2 aromatic rings. The van der Waals surface area contributed by atoms with E-state index in [1.165, 1.54) is 38.6 Å². The standard InChI is InChI=1S/C40H61N11O12/c1-22(2)15-29(35(57)34(56)27(12-13-33(42)55)51-40(62)46-25-10-8-24(9-11-25)20-63-23(3)54)48-36(58)28(7-5-6-14-41)47-38(60)31(18-52)50-39(61)32(19-53)49-37(59)30(43-4)16-26-17-44-21-45-26/h8-11,17,21-22,27-32,43,52-53H,5-7,12-16,18-20,41H2,1-4H3,(H2,42,55)(H,44,45)(H,47,60)(H,48,58)(H,49,59)(H,50,61)(H2,46,51,62)/t27-,28-,29?,30?,31?,32-/m0/s1. The molecule has 14 N–H and O–H groups in total. The number of unbranched alkanes of at least 4 members (excludes halogenated alkanes) is 1. The third-order valence-electron chi connectivity index (χ3n) is 9.39. The zero-order valence-corrected chi connectivity index (χ0v) is 35.9.